The Labute approximate surface area is 491 Å². The third kappa shape index (κ3) is 9.55. The second-order valence-electron chi connectivity index (χ2n) is 23.5. The first kappa shape index (κ1) is 51.2. The van der Waals surface area contributed by atoms with Crippen LogP contribution in [0.25, 0.3) is 32.7 Å². The molecule has 2 heterocycles. The molecular formula is C76H62N4S2. The van der Waals surface area contributed by atoms with Gasteiger partial charge in [-0.2, -0.15) is 0 Å². The number of fused-ring (bicyclic) bond motifs is 6. The van der Waals surface area contributed by atoms with Crippen molar-refractivity contribution in [2.24, 2.45) is 0 Å². The van der Waals surface area contributed by atoms with Crippen LogP contribution in [0.3, 0.4) is 0 Å². The van der Waals surface area contributed by atoms with Gasteiger partial charge in [-0.1, -0.05) is 199 Å². The van der Waals surface area contributed by atoms with E-state index < -0.39 is 0 Å². The molecule has 0 radical (unpaired) electrons. The van der Waals surface area contributed by atoms with Crippen molar-refractivity contribution in [3.05, 3.63) is 278 Å². The molecular weight excluding hydrogens is 1030 g/mol. The Hall–Kier alpha value is -8.94. The average molecular weight is 1100 g/mol. The van der Waals surface area contributed by atoms with E-state index in [4.69, 9.17) is 0 Å². The van der Waals surface area contributed by atoms with E-state index in [1.807, 2.05) is 23.5 Å². The normalized spacial score (nSPS) is 12.9. The Morgan fingerprint density at radius 2 is 0.585 bits per heavy atom. The zero-order chi connectivity index (χ0) is 55.7. The number of benzene rings is 12. The summed E-state index contributed by atoms with van der Waals surface area (Å²) in [6.07, 6.45) is 0. The molecule has 82 heavy (non-hydrogen) atoms. The monoisotopic (exact) mass is 1090 g/mol. The topological polar surface area (TPSA) is 13.0 Å². The first-order chi connectivity index (χ1) is 39.9. The van der Waals surface area contributed by atoms with Crippen molar-refractivity contribution in [3.63, 3.8) is 0 Å². The van der Waals surface area contributed by atoms with Gasteiger partial charge in [-0.25, -0.2) is 0 Å². The molecule has 0 fully saturated rings. The maximum Gasteiger partial charge on any atom is 0.0603 e. The van der Waals surface area contributed by atoms with Crippen LogP contribution in [0.4, 0.5) is 68.2 Å². The van der Waals surface area contributed by atoms with Crippen LogP contribution < -0.4 is 19.6 Å². The molecule has 0 aliphatic carbocycles. The molecule has 0 saturated carbocycles. The molecule has 0 atom stereocenters. The van der Waals surface area contributed by atoms with Gasteiger partial charge in [-0.3, -0.25) is 0 Å². The van der Waals surface area contributed by atoms with E-state index in [1.165, 1.54) is 74.8 Å². The summed E-state index contributed by atoms with van der Waals surface area (Å²) in [5.41, 5.74) is 18.6. The summed E-state index contributed by atoms with van der Waals surface area (Å²) in [7, 11) is 0. The SMILES string of the molecule is CC(C)(C)c1ccc(N2c3ccc(-c4ccc5c(c4)Sc4cc(N(c6ccccc6)c6ccc7ccccc7c6)ccc4N5c4ccc(C(C)(C)C)cc4)cc3Sc3cc(N(c4ccccc4)c4ccc5ccccc5c4)ccc32)cc1. The highest BCUT2D eigenvalue weighted by molar-refractivity contribution is 8.00. The molecule has 2 aliphatic heterocycles. The lowest BCUT2D eigenvalue weighted by Gasteiger charge is -2.35. The highest BCUT2D eigenvalue weighted by Crippen LogP contribution is 2.57. The second-order valence-corrected chi connectivity index (χ2v) is 25.7. The molecule has 2 aliphatic rings. The minimum Gasteiger partial charge on any atom is -0.310 e. The molecule has 14 rings (SSSR count). The Morgan fingerprint density at radius 1 is 0.268 bits per heavy atom. The predicted molar refractivity (Wildman–Crippen MR) is 351 cm³/mol. The van der Waals surface area contributed by atoms with Crippen molar-refractivity contribution in [2.75, 3.05) is 19.6 Å². The minimum absolute atomic E-state index is 0.0331. The summed E-state index contributed by atoms with van der Waals surface area (Å²) >= 11 is 3.71. The number of rotatable bonds is 9. The van der Waals surface area contributed by atoms with E-state index >= 15 is 0 Å². The predicted octanol–water partition coefficient (Wildman–Crippen LogP) is 23.1. The van der Waals surface area contributed by atoms with Gasteiger partial charge in [-0.15, -0.1) is 0 Å². The molecule has 12 aromatic rings. The molecule has 0 aromatic heterocycles. The van der Waals surface area contributed by atoms with E-state index in [0.717, 1.165) is 56.9 Å². The third-order valence-electron chi connectivity index (χ3n) is 16.1. The lowest BCUT2D eigenvalue weighted by molar-refractivity contribution is 0.590. The van der Waals surface area contributed by atoms with Crippen molar-refractivity contribution in [3.8, 4) is 11.1 Å². The van der Waals surface area contributed by atoms with E-state index in [1.54, 1.807) is 0 Å². The van der Waals surface area contributed by atoms with E-state index in [-0.39, 0.29) is 10.8 Å². The summed E-state index contributed by atoms with van der Waals surface area (Å²) in [5.74, 6) is 0. The van der Waals surface area contributed by atoms with Gasteiger partial charge in [0, 0.05) is 65.1 Å². The lowest BCUT2D eigenvalue weighted by Crippen LogP contribution is -2.17. The summed E-state index contributed by atoms with van der Waals surface area (Å²) in [6, 6.07) is 98.8. The molecule has 0 bridgehead atoms. The number of para-hydroxylation sites is 2. The summed E-state index contributed by atoms with van der Waals surface area (Å²) in [4.78, 5) is 14.5. The van der Waals surface area contributed by atoms with Gasteiger partial charge in [-0.05, 0) is 188 Å². The fraction of sp³-hybridized carbons (Fsp3) is 0.105. The second kappa shape index (κ2) is 20.6. The van der Waals surface area contributed by atoms with Crippen molar-refractivity contribution in [2.45, 2.75) is 72.0 Å². The minimum atomic E-state index is 0.0331. The fourth-order valence-corrected chi connectivity index (χ4v) is 14.0. The van der Waals surface area contributed by atoms with Crippen LogP contribution in [0.15, 0.2) is 287 Å². The highest BCUT2D eigenvalue weighted by Gasteiger charge is 2.31. The summed E-state index contributed by atoms with van der Waals surface area (Å²) < 4.78 is 0. The first-order valence-electron chi connectivity index (χ1n) is 28.3. The fourth-order valence-electron chi connectivity index (χ4n) is 11.7. The van der Waals surface area contributed by atoms with E-state index in [2.05, 4.69) is 328 Å². The van der Waals surface area contributed by atoms with Crippen LogP contribution in [-0.4, -0.2) is 0 Å². The number of nitrogens with zero attached hydrogens (tertiary/aromatic N) is 4. The van der Waals surface area contributed by atoms with Gasteiger partial charge in [0.2, 0.25) is 0 Å². The van der Waals surface area contributed by atoms with Gasteiger partial charge >= 0.3 is 0 Å². The van der Waals surface area contributed by atoms with Crippen LogP contribution in [-0.2, 0) is 10.8 Å². The number of anilines is 12. The molecule has 4 nitrogen and oxygen atoms in total. The van der Waals surface area contributed by atoms with E-state index in [0.29, 0.717) is 0 Å². The van der Waals surface area contributed by atoms with Crippen LogP contribution in [0, 0.1) is 0 Å². The Bertz CT molecular complexity index is 4090. The molecule has 12 aromatic carbocycles. The van der Waals surface area contributed by atoms with Crippen LogP contribution in [0.1, 0.15) is 52.7 Å². The molecule has 6 heteroatoms. The van der Waals surface area contributed by atoms with Crippen LogP contribution >= 0.6 is 23.5 Å². The highest BCUT2D eigenvalue weighted by atomic mass is 32.2. The Balaban J connectivity index is 0.879. The lowest BCUT2D eigenvalue weighted by atomic mass is 9.87. The summed E-state index contributed by atoms with van der Waals surface area (Å²) in [5, 5.41) is 4.87. The first-order valence-corrected chi connectivity index (χ1v) is 29.9. The van der Waals surface area contributed by atoms with Gasteiger partial charge in [0.05, 0.1) is 22.7 Å². The Morgan fingerprint density at radius 3 is 0.963 bits per heavy atom. The molecule has 0 N–H and O–H groups in total. The van der Waals surface area contributed by atoms with Crippen molar-refractivity contribution in [1.82, 2.24) is 0 Å². The van der Waals surface area contributed by atoms with Crippen LogP contribution in [0.5, 0.6) is 0 Å². The molecule has 398 valence electrons. The molecule has 0 spiro atoms. The maximum atomic E-state index is 2.46. The number of hydrogen-bond acceptors (Lipinski definition) is 6. The van der Waals surface area contributed by atoms with Crippen molar-refractivity contribution >= 4 is 113 Å². The smallest absolute Gasteiger partial charge is 0.0603 e. The maximum absolute atomic E-state index is 2.46. The van der Waals surface area contributed by atoms with Crippen molar-refractivity contribution < 1.29 is 0 Å². The Kier molecular flexibility index (Phi) is 12.8. The number of hydrogen-bond donors (Lipinski definition) is 0. The van der Waals surface area contributed by atoms with Crippen LogP contribution in [0.2, 0.25) is 0 Å². The van der Waals surface area contributed by atoms with Gasteiger partial charge in [0.1, 0.15) is 0 Å². The zero-order valence-electron chi connectivity index (χ0n) is 47.0. The average Bonchev–Trinajstić information content (AvgIpc) is 2.98. The standard InChI is InChI=1S/C76H62N4S2/c1-75(2,3)57-29-35-61(36-30-57)79-67-41-27-55(47-71(67)81-73-49-65(39-43-69(73)79)77(59-21-9-7-10-22-59)63-33-25-51-17-13-15-19-53(51)45-63)56-28-42-68-72(48-56)82-74-50-66(40-44-70(74)80(68)62-37-31-58(32-38-62)76(4,5)6)78(60-23-11-8-12-24-60)64-34-26-52-18-14-16-20-54(52)46-64/h7-50H,1-6H3. The zero-order valence-corrected chi connectivity index (χ0v) is 48.6. The van der Waals surface area contributed by atoms with E-state index in [9.17, 15) is 0 Å². The van der Waals surface area contributed by atoms with Gasteiger partial charge in [0.15, 0.2) is 0 Å². The van der Waals surface area contributed by atoms with Gasteiger partial charge < -0.3 is 19.6 Å². The molecule has 0 saturated heterocycles. The molecule has 0 unspecified atom stereocenters. The largest absolute Gasteiger partial charge is 0.310 e. The van der Waals surface area contributed by atoms with Crippen molar-refractivity contribution in [1.29, 1.82) is 0 Å². The quantitative estimate of drug-likeness (QED) is 0.142. The third-order valence-corrected chi connectivity index (χ3v) is 18.2. The molecule has 0 amide bonds. The van der Waals surface area contributed by atoms with Gasteiger partial charge in [0.25, 0.3) is 0 Å². The summed E-state index contributed by atoms with van der Waals surface area (Å²) in [6.45, 7) is 13.7.